The predicted molar refractivity (Wildman–Crippen MR) is 61.9 cm³/mol. The molecule has 1 rings (SSSR count). The molecule has 1 aromatic rings. The van der Waals surface area contributed by atoms with Crippen LogP contribution >= 0.6 is 10.7 Å². The summed E-state index contributed by atoms with van der Waals surface area (Å²) in [4.78, 5) is 11.5. The summed E-state index contributed by atoms with van der Waals surface area (Å²) >= 11 is 0. The van der Waals surface area contributed by atoms with Gasteiger partial charge in [0.15, 0.2) is 5.78 Å². The van der Waals surface area contributed by atoms with Gasteiger partial charge in [0.05, 0.1) is 4.90 Å². The normalized spacial score (nSPS) is 10.8. The Labute approximate surface area is 98.8 Å². The molecule has 0 spiro atoms. The van der Waals surface area contributed by atoms with Gasteiger partial charge in [-0.2, -0.15) is 0 Å². The Hall–Kier alpha value is -1.31. The molecule has 84 valence electrons. The van der Waals surface area contributed by atoms with Crippen LogP contribution in [0.4, 0.5) is 0 Å². The second kappa shape index (κ2) is 5.15. The van der Waals surface area contributed by atoms with Crippen molar-refractivity contribution in [2.45, 2.75) is 17.7 Å². The summed E-state index contributed by atoms with van der Waals surface area (Å²) in [6.45, 7) is 0. The first-order valence-corrected chi connectivity index (χ1v) is 6.77. The summed E-state index contributed by atoms with van der Waals surface area (Å²) in [6.07, 6.45) is 5.66. The summed E-state index contributed by atoms with van der Waals surface area (Å²) in [6, 6.07) is 5.44. The highest BCUT2D eigenvalue weighted by atomic mass is 35.7. The smallest absolute Gasteiger partial charge is 0.261 e. The van der Waals surface area contributed by atoms with Gasteiger partial charge in [0.25, 0.3) is 9.05 Å². The van der Waals surface area contributed by atoms with Gasteiger partial charge in [-0.05, 0) is 12.1 Å². The number of halogens is 1. The van der Waals surface area contributed by atoms with Gasteiger partial charge in [0, 0.05) is 29.1 Å². The molecule has 0 bridgehead atoms. The van der Waals surface area contributed by atoms with Crippen LogP contribution in [0.25, 0.3) is 0 Å². The van der Waals surface area contributed by atoms with Crippen molar-refractivity contribution in [3.63, 3.8) is 0 Å². The van der Waals surface area contributed by atoms with E-state index in [9.17, 15) is 13.2 Å². The Bertz CT molecular complexity index is 523. The summed E-state index contributed by atoms with van der Waals surface area (Å²) in [5, 5.41) is 0. The fourth-order valence-corrected chi connectivity index (χ4v) is 1.90. The first-order valence-electron chi connectivity index (χ1n) is 4.46. The molecule has 0 unspecified atom stereocenters. The molecule has 0 amide bonds. The number of terminal acetylenes is 1. The summed E-state index contributed by atoms with van der Waals surface area (Å²) < 4.78 is 21.9. The van der Waals surface area contributed by atoms with Crippen molar-refractivity contribution in [1.82, 2.24) is 0 Å². The lowest BCUT2D eigenvalue weighted by Crippen LogP contribution is -1.99. The van der Waals surface area contributed by atoms with E-state index in [-0.39, 0.29) is 17.1 Å². The van der Waals surface area contributed by atoms with E-state index in [0.29, 0.717) is 12.0 Å². The number of hydrogen-bond donors (Lipinski definition) is 0. The molecule has 0 heterocycles. The molecule has 0 aliphatic carbocycles. The predicted octanol–water partition coefficient (Wildman–Crippen LogP) is 2.21. The lowest BCUT2D eigenvalue weighted by molar-refractivity contribution is 0.0984. The van der Waals surface area contributed by atoms with Crippen LogP contribution in [0.3, 0.4) is 0 Å². The van der Waals surface area contributed by atoms with E-state index in [0.717, 1.165) is 0 Å². The SMILES string of the molecule is C#CCCC(=O)c1ccc(S(=O)(=O)Cl)cc1. The number of carbonyl (C=O) groups is 1. The lowest BCUT2D eigenvalue weighted by atomic mass is 10.1. The van der Waals surface area contributed by atoms with Gasteiger partial charge in [0.1, 0.15) is 0 Å². The van der Waals surface area contributed by atoms with E-state index in [1.807, 2.05) is 0 Å². The zero-order chi connectivity index (χ0) is 12.2. The van der Waals surface area contributed by atoms with Crippen molar-refractivity contribution < 1.29 is 13.2 Å². The van der Waals surface area contributed by atoms with Crippen LogP contribution in [0.5, 0.6) is 0 Å². The minimum absolute atomic E-state index is 0.0253. The maximum absolute atomic E-state index is 11.5. The molecule has 3 nitrogen and oxygen atoms in total. The zero-order valence-electron chi connectivity index (χ0n) is 8.31. The van der Waals surface area contributed by atoms with Gasteiger partial charge >= 0.3 is 0 Å². The molecule has 0 radical (unpaired) electrons. The van der Waals surface area contributed by atoms with Crippen LogP contribution < -0.4 is 0 Å². The third-order valence-corrected chi connectivity index (χ3v) is 3.32. The molecular weight excluding hydrogens is 248 g/mol. The quantitative estimate of drug-likeness (QED) is 0.471. The standard InChI is InChI=1S/C11H9ClO3S/c1-2-3-4-11(13)9-5-7-10(8-6-9)16(12,14)15/h1,5-8H,3-4H2. The highest BCUT2D eigenvalue weighted by molar-refractivity contribution is 8.13. The van der Waals surface area contributed by atoms with Crippen LogP contribution in [-0.2, 0) is 9.05 Å². The van der Waals surface area contributed by atoms with E-state index >= 15 is 0 Å². The zero-order valence-corrected chi connectivity index (χ0v) is 9.88. The van der Waals surface area contributed by atoms with E-state index < -0.39 is 9.05 Å². The van der Waals surface area contributed by atoms with Crippen LogP contribution in [0, 0.1) is 12.3 Å². The molecular formula is C11H9ClO3S. The minimum atomic E-state index is -3.73. The van der Waals surface area contributed by atoms with Crippen LogP contribution in [-0.4, -0.2) is 14.2 Å². The van der Waals surface area contributed by atoms with Crippen molar-refractivity contribution in [2.24, 2.45) is 0 Å². The minimum Gasteiger partial charge on any atom is -0.294 e. The lowest BCUT2D eigenvalue weighted by Gasteiger charge is -2.00. The highest BCUT2D eigenvalue weighted by Crippen LogP contribution is 2.16. The Morgan fingerprint density at radius 1 is 1.31 bits per heavy atom. The van der Waals surface area contributed by atoms with Crippen molar-refractivity contribution in [3.05, 3.63) is 29.8 Å². The average molecular weight is 257 g/mol. The number of ketones is 1. The molecule has 5 heteroatoms. The molecule has 0 atom stereocenters. The van der Waals surface area contributed by atoms with E-state index in [2.05, 4.69) is 5.92 Å². The van der Waals surface area contributed by atoms with Gasteiger partial charge in [-0.3, -0.25) is 4.79 Å². The first-order chi connectivity index (χ1) is 7.45. The van der Waals surface area contributed by atoms with E-state index in [1.54, 1.807) is 0 Å². The third kappa shape index (κ3) is 3.37. The maximum Gasteiger partial charge on any atom is 0.261 e. The van der Waals surface area contributed by atoms with Gasteiger partial charge in [-0.1, -0.05) is 12.1 Å². The molecule has 1 aromatic carbocycles. The number of carbonyl (C=O) groups excluding carboxylic acids is 1. The summed E-state index contributed by atoms with van der Waals surface area (Å²) in [7, 11) is 1.40. The molecule has 16 heavy (non-hydrogen) atoms. The Morgan fingerprint density at radius 3 is 2.31 bits per heavy atom. The molecule has 0 fully saturated rings. The maximum atomic E-state index is 11.5. The molecule has 0 N–H and O–H groups in total. The second-order valence-electron chi connectivity index (χ2n) is 3.09. The van der Waals surface area contributed by atoms with Crippen LogP contribution in [0.1, 0.15) is 23.2 Å². The van der Waals surface area contributed by atoms with Gasteiger partial charge in [0.2, 0.25) is 0 Å². The fourth-order valence-electron chi connectivity index (χ4n) is 1.13. The molecule has 0 saturated carbocycles. The van der Waals surface area contributed by atoms with Crippen LogP contribution in [0.2, 0.25) is 0 Å². The summed E-state index contributed by atoms with van der Waals surface area (Å²) in [5.74, 6) is 2.25. The Balaban J connectivity index is 2.88. The van der Waals surface area contributed by atoms with Gasteiger partial charge in [-0.15, -0.1) is 12.3 Å². The largest absolute Gasteiger partial charge is 0.294 e. The number of benzene rings is 1. The Kier molecular flexibility index (Phi) is 4.11. The van der Waals surface area contributed by atoms with E-state index in [4.69, 9.17) is 17.1 Å². The van der Waals surface area contributed by atoms with E-state index in [1.165, 1.54) is 24.3 Å². The third-order valence-electron chi connectivity index (χ3n) is 1.95. The molecule has 0 aliphatic rings. The van der Waals surface area contributed by atoms with Crippen molar-refractivity contribution in [2.75, 3.05) is 0 Å². The van der Waals surface area contributed by atoms with Crippen molar-refractivity contribution in [3.8, 4) is 12.3 Å². The average Bonchev–Trinajstić information content (AvgIpc) is 2.25. The van der Waals surface area contributed by atoms with Crippen molar-refractivity contribution in [1.29, 1.82) is 0 Å². The van der Waals surface area contributed by atoms with Crippen molar-refractivity contribution >= 4 is 25.5 Å². The number of rotatable bonds is 4. The second-order valence-corrected chi connectivity index (χ2v) is 5.66. The summed E-state index contributed by atoms with van der Waals surface area (Å²) in [5.41, 5.74) is 0.430. The molecule has 0 saturated heterocycles. The topological polar surface area (TPSA) is 51.2 Å². The fraction of sp³-hybridized carbons (Fsp3) is 0.182. The molecule has 0 aliphatic heterocycles. The highest BCUT2D eigenvalue weighted by Gasteiger charge is 2.11. The van der Waals surface area contributed by atoms with Gasteiger partial charge < -0.3 is 0 Å². The Morgan fingerprint density at radius 2 is 1.88 bits per heavy atom. The van der Waals surface area contributed by atoms with Crippen LogP contribution in [0.15, 0.2) is 29.2 Å². The molecule has 0 aromatic heterocycles. The number of Topliss-reactive ketones (excluding diaryl/α,β-unsaturated/α-hetero) is 1. The number of hydrogen-bond acceptors (Lipinski definition) is 3. The monoisotopic (exact) mass is 256 g/mol. The van der Waals surface area contributed by atoms with Gasteiger partial charge in [-0.25, -0.2) is 8.42 Å². The first kappa shape index (κ1) is 12.8.